The number of hydrazine groups is 1. The van der Waals surface area contributed by atoms with Crippen molar-refractivity contribution < 1.29 is 9.57 Å². The predicted molar refractivity (Wildman–Crippen MR) is 132 cm³/mol. The maximum absolute atomic E-state index is 5.98. The lowest BCUT2D eigenvalue weighted by Gasteiger charge is -2.30. The molecule has 2 aliphatic carbocycles. The summed E-state index contributed by atoms with van der Waals surface area (Å²) >= 11 is 0. The van der Waals surface area contributed by atoms with Gasteiger partial charge in [0.15, 0.2) is 0 Å². The summed E-state index contributed by atoms with van der Waals surface area (Å²) in [6, 6.07) is 0.726. The Labute approximate surface area is 195 Å². The molecule has 0 spiro atoms. The number of nitrogens with two attached hydrogens (primary N) is 1. The molecule has 2 aliphatic heterocycles. The summed E-state index contributed by atoms with van der Waals surface area (Å²) in [7, 11) is 3.92. The van der Waals surface area contributed by atoms with Crippen molar-refractivity contribution in [1.29, 1.82) is 0 Å². The first-order chi connectivity index (χ1) is 15.8. The molecule has 8 nitrogen and oxygen atoms in total. The number of ether oxygens (including phenoxy) is 1. The number of aromatic amines is 1. The first-order valence-corrected chi connectivity index (χ1v) is 12.0. The molecule has 4 aliphatic rings. The molecule has 1 aromatic heterocycles. The molecule has 7 atom stereocenters. The zero-order valence-electron chi connectivity index (χ0n) is 20.2. The molecular formula is C25H36N6O2. The minimum atomic E-state index is -0.102. The summed E-state index contributed by atoms with van der Waals surface area (Å²) in [5.41, 5.74) is 12.5. The summed E-state index contributed by atoms with van der Waals surface area (Å²) in [6.45, 7) is 11.0. The topological polar surface area (TPSA) is 100 Å². The van der Waals surface area contributed by atoms with Crippen molar-refractivity contribution in [1.82, 2.24) is 15.4 Å². The van der Waals surface area contributed by atoms with Crippen LogP contribution in [0.3, 0.4) is 0 Å². The van der Waals surface area contributed by atoms with Crippen LogP contribution in [0.15, 0.2) is 16.7 Å². The summed E-state index contributed by atoms with van der Waals surface area (Å²) in [6.07, 6.45) is 8.29. The normalized spacial score (nSPS) is 36.3. The molecule has 3 heterocycles. The third kappa shape index (κ3) is 3.64. The van der Waals surface area contributed by atoms with Gasteiger partial charge >= 0.3 is 0 Å². The van der Waals surface area contributed by atoms with Gasteiger partial charge in [0.25, 0.3) is 0 Å². The van der Waals surface area contributed by atoms with Crippen molar-refractivity contribution in [2.75, 3.05) is 14.2 Å². The summed E-state index contributed by atoms with van der Waals surface area (Å²) in [4.78, 5) is 13.6. The minimum Gasteiger partial charge on any atom is -0.392 e. The Morgan fingerprint density at radius 2 is 2.12 bits per heavy atom. The molecule has 33 heavy (non-hydrogen) atoms. The van der Waals surface area contributed by atoms with Gasteiger partial charge in [-0.3, -0.25) is 5.43 Å². The Balaban J connectivity index is 1.61. The highest BCUT2D eigenvalue weighted by Gasteiger charge is 2.48. The Kier molecular flexibility index (Phi) is 5.71. The predicted octanol–water partition coefficient (Wildman–Crippen LogP) is 1.50. The second kappa shape index (κ2) is 8.42. The Morgan fingerprint density at radius 1 is 1.36 bits per heavy atom. The fourth-order valence-electron chi connectivity index (χ4n) is 6.39. The monoisotopic (exact) mass is 452 g/mol. The second-order valence-corrected chi connectivity index (χ2v) is 10.0. The van der Waals surface area contributed by atoms with E-state index in [4.69, 9.17) is 15.3 Å². The van der Waals surface area contributed by atoms with E-state index in [1.807, 2.05) is 6.92 Å². The van der Waals surface area contributed by atoms with Crippen molar-refractivity contribution in [3.63, 3.8) is 0 Å². The van der Waals surface area contributed by atoms with Crippen LogP contribution in [0.1, 0.15) is 39.2 Å². The van der Waals surface area contributed by atoms with Gasteiger partial charge in [-0.2, -0.15) is 0 Å². The number of methoxy groups -OCH3 is 1. The van der Waals surface area contributed by atoms with Crippen molar-refractivity contribution in [2.24, 2.45) is 39.6 Å². The zero-order chi connectivity index (χ0) is 23.4. The highest BCUT2D eigenvalue weighted by molar-refractivity contribution is 5.87. The fraction of sp³-hybridized carbons (Fsp3) is 0.600. The first kappa shape index (κ1) is 22.4. The number of rotatable bonds is 6. The first-order valence-electron chi connectivity index (χ1n) is 12.0. The van der Waals surface area contributed by atoms with E-state index in [1.54, 1.807) is 7.11 Å². The van der Waals surface area contributed by atoms with Gasteiger partial charge in [-0.1, -0.05) is 17.8 Å². The van der Waals surface area contributed by atoms with Crippen molar-refractivity contribution in [2.45, 2.75) is 57.9 Å². The number of fused-ring (bicyclic) bond motifs is 1. The second-order valence-electron chi connectivity index (χ2n) is 10.0. The van der Waals surface area contributed by atoms with E-state index in [-0.39, 0.29) is 24.0 Å². The van der Waals surface area contributed by atoms with Gasteiger partial charge < -0.3 is 20.3 Å². The van der Waals surface area contributed by atoms with E-state index in [9.17, 15) is 0 Å². The largest absolute Gasteiger partial charge is 0.392 e. The summed E-state index contributed by atoms with van der Waals surface area (Å²) in [5, 5.41) is 8.65. The molecule has 2 fully saturated rings. The third-order valence-corrected chi connectivity index (χ3v) is 7.95. The maximum atomic E-state index is 5.98. The number of H-pyrrole nitrogens is 1. The van der Waals surface area contributed by atoms with Gasteiger partial charge in [-0.25, -0.2) is 10.0 Å². The van der Waals surface area contributed by atoms with Crippen molar-refractivity contribution >= 4 is 35.6 Å². The van der Waals surface area contributed by atoms with Crippen LogP contribution in [0, 0.1) is 23.7 Å². The van der Waals surface area contributed by atoms with Crippen LogP contribution in [0.2, 0.25) is 0 Å². The van der Waals surface area contributed by atoms with E-state index in [2.05, 4.69) is 65.2 Å². The van der Waals surface area contributed by atoms with Crippen LogP contribution in [0.5, 0.6) is 0 Å². The number of hydrogen-bond acceptors (Lipinski definition) is 6. The number of oxime groups is 1. The Morgan fingerprint density at radius 3 is 2.73 bits per heavy atom. The van der Waals surface area contributed by atoms with Crippen LogP contribution in [0.25, 0.3) is 17.7 Å². The molecule has 1 aromatic rings. The quantitative estimate of drug-likeness (QED) is 0.449. The molecule has 0 bridgehead atoms. The smallest absolute Gasteiger partial charge is 0.140 e. The molecule has 1 saturated carbocycles. The average Bonchev–Trinajstić information content (AvgIpc) is 3.38. The van der Waals surface area contributed by atoms with Crippen LogP contribution in [0.4, 0.5) is 5.82 Å². The Bertz CT molecular complexity index is 1120. The number of nitrogens with zero attached hydrogens (tertiary/aromatic N) is 3. The van der Waals surface area contributed by atoms with Gasteiger partial charge in [0.1, 0.15) is 11.9 Å². The van der Waals surface area contributed by atoms with E-state index in [0.717, 1.165) is 33.2 Å². The van der Waals surface area contributed by atoms with Crippen molar-refractivity contribution in [3.05, 3.63) is 22.7 Å². The SMILES string of the molecule is C=C(c1c(N=CN)[nH]c2c1=C[C@H](OC)C(C1C(C)=NO[C@H]1C)C=2)C1[C@H](C2CC2)N(C)N[C@@H]1C. The van der Waals surface area contributed by atoms with Crippen LogP contribution >= 0.6 is 0 Å². The van der Waals surface area contributed by atoms with E-state index in [0.29, 0.717) is 23.9 Å². The lowest BCUT2D eigenvalue weighted by atomic mass is 9.78. The third-order valence-electron chi connectivity index (χ3n) is 7.95. The standard InChI is InChI=1S/C25H36N6O2/c1-12(21-13(2)29-31(5)24(21)16-7-8-16)22-17-10-20(32-6)18(23-14(3)30-33-15(23)4)9-19(17)28-25(22)27-11-26/h9-11,13,15-16,18,20-21,23-24,28-29H,1,7-8H2,2-6H3,(H2,26,27)/t13-,15+,18?,20+,21?,23?,24+/m1/s1. The molecule has 178 valence electrons. The number of aliphatic imine (C=N–C) groups is 1. The molecule has 4 N–H and O–H groups in total. The molecule has 5 rings (SSSR count). The van der Waals surface area contributed by atoms with E-state index < -0.39 is 0 Å². The van der Waals surface area contributed by atoms with Gasteiger partial charge in [0, 0.05) is 60.1 Å². The van der Waals surface area contributed by atoms with Crippen LogP contribution < -0.4 is 21.7 Å². The molecular weight excluding hydrogens is 416 g/mol. The maximum Gasteiger partial charge on any atom is 0.140 e. The highest BCUT2D eigenvalue weighted by atomic mass is 16.6. The molecule has 0 amide bonds. The molecule has 0 aromatic carbocycles. The number of nitrogens with one attached hydrogen (secondary N) is 2. The molecule has 1 saturated heterocycles. The molecule has 8 heteroatoms. The zero-order valence-corrected chi connectivity index (χ0v) is 20.2. The Hall–Kier alpha value is -2.42. The lowest BCUT2D eigenvalue weighted by molar-refractivity contribution is 0.0416. The summed E-state index contributed by atoms with van der Waals surface area (Å²) in [5.74, 6) is 2.02. The van der Waals surface area contributed by atoms with E-state index in [1.165, 1.54) is 19.2 Å². The van der Waals surface area contributed by atoms with Gasteiger partial charge in [0.2, 0.25) is 0 Å². The molecule has 3 unspecified atom stereocenters. The lowest BCUT2D eigenvalue weighted by Crippen LogP contribution is -2.43. The summed E-state index contributed by atoms with van der Waals surface area (Å²) < 4.78 is 5.98. The highest BCUT2D eigenvalue weighted by Crippen LogP contribution is 2.46. The average molecular weight is 453 g/mol. The minimum absolute atomic E-state index is 0.00466. The van der Waals surface area contributed by atoms with Gasteiger partial charge in [0.05, 0.1) is 18.2 Å². The number of aromatic nitrogens is 1. The van der Waals surface area contributed by atoms with Crippen LogP contribution in [-0.2, 0) is 9.57 Å². The fourth-order valence-corrected chi connectivity index (χ4v) is 6.39. The van der Waals surface area contributed by atoms with Gasteiger partial charge in [-0.05, 0) is 51.2 Å². The van der Waals surface area contributed by atoms with Crippen molar-refractivity contribution in [3.8, 4) is 0 Å². The molecule has 0 radical (unpaired) electrons. The number of hydrogen-bond donors (Lipinski definition) is 3. The van der Waals surface area contributed by atoms with E-state index >= 15 is 0 Å². The van der Waals surface area contributed by atoms with Crippen LogP contribution in [-0.4, -0.2) is 60.5 Å². The van der Waals surface area contributed by atoms with Gasteiger partial charge in [-0.15, -0.1) is 0 Å².